The predicted molar refractivity (Wildman–Crippen MR) is 78.3 cm³/mol. The minimum atomic E-state index is -0.980. The monoisotopic (exact) mass is 330 g/mol. The Morgan fingerprint density at radius 2 is 2.00 bits per heavy atom. The number of rotatable bonds is 2. The number of pyridine rings is 1. The van der Waals surface area contributed by atoms with E-state index in [0.717, 1.165) is 30.9 Å². The van der Waals surface area contributed by atoms with E-state index in [9.17, 15) is 25.0 Å². The van der Waals surface area contributed by atoms with Crippen LogP contribution in [0.25, 0.3) is 10.9 Å². The number of nitro benzene ring substituents is 1. The number of fused-ring (bicyclic) bond motifs is 1. The van der Waals surface area contributed by atoms with E-state index in [2.05, 4.69) is 9.47 Å². The van der Waals surface area contributed by atoms with Crippen molar-refractivity contribution >= 4 is 28.7 Å². The molecular weight excluding hydrogens is 320 g/mol. The Bertz CT molecular complexity index is 985. The topological polar surface area (TPSA) is 148 Å². The third kappa shape index (κ3) is 2.44. The molecule has 0 unspecified atom stereocenters. The summed E-state index contributed by atoms with van der Waals surface area (Å²) in [6.07, 6.45) is -0.980. The normalized spacial score (nSPS) is 10.0. The molecule has 0 aliphatic heterocycles. The minimum absolute atomic E-state index is 0.00292. The van der Waals surface area contributed by atoms with Crippen LogP contribution in [0.15, 0.2) is 18.2 Å². The van der Waals surface area contributed by atoms with Crippen LogP contribution in [0.1, 0.15) is 15.9 Å². The van der Waals surface area contributed by atoms with Crippen LogP contribution in [0.5, 0.6) is 0 Å². The lowest BCUT2D eigenvalue weighted by Crippen LogP contribution is -2.32. The molecule has 0 saturated heterocycles. The Hall–Kier alpha value is -3.74. The Kier molecular flexibility index (Phi) is 4.28. The van der Waals surface area contributed by atoms with E-state index >= 15 is 0 Å². The average molecular weight is 330 g/mol. The Morgan fingerprint density at radius 3 is 2.50 bits per heavy atom. The highest BCUT2D eigenvalue weighted by Gasteiger charge is 2.25. The van der Waals surface area contributed by atoms with Gasteiger partial charge in [-0.3, -0.25) is 15.5 Å². The van der Waals surface area contributed by atoms with Gasteiger partial charge < -0.3 is 9.47 Å². The number of methoxy groups -OCH3 is 2. The summed E-state index contributed by atoms with van der Waals surface area (Å²) in [6, 6.07) is 4.98. The van der Waals surface area contributed by atoms with Crippen molar-refractivity contribution in [2.75, 3.05) is 14.2 Å². The molecule has 0 aliphatic rings. The highest BCUT2D eigenvalue weighted by Crippen LogP contribution is 2.25. The first kappa shape index (κ1) is 16.6. The van der Waals surface area contributed by atoms with Crippen molar-refractivity contribution in [3.63, 3.8) is 0 Å². The van der Waals surface area contributed by atoms with Gasteiger partial charge in [-0.05, 0) is 6.07 Å². The van der Waals surface area contributed by atoms with Crippen molar-refractivity contribution < 1.29 is 24.0 Å². The first-order chi connectivity index (χ1) is 11.4. The number of nitro groups is 1. The maximum absolute atomic E-state index is 12.0. The molecule has 0 bridgehead atoms. The second kappa shape index (κ2) is 6.17. The zero-order chi connectivity index (χ0) is 18.0. The van der Waals surface area contributed by atoms with E-state index in [1.165, 1.54) is 6.07 Å². The van der Waals surface area contributed by atoms with Crippen LogP contribution in [0.2, 0.25) is 0 Å². The molecule has 0 spiro atoms. The fraction of sp³-hybridized carbons (Fsp3) is 0.143. The van der Waals surface area contributed by atoms with Crippen molar-refractivity contribution in [3.05, 3.63) is 44.9 Å². The number of nitriles is 1. The zero-order valence-electron chi connectivity index (χ0n) is 12.5. The predicted octanol–water partition coefficient (Wildman–Crippen LogP) is 1.30. The molecule has 0 aliphatic carbocycles. The molecule has 0 saturated carbocycles. The number of hydrogen-bond acceptors (Lipinski definition) is 8. The standard InChI is InChI=1S/C14H10N4O6/c1-23-13(19)11-8-5-7(18(21)22)3-4-10(8)17(14(20)24-2)12(16)9(11)6-15/h3-5,16H,1-2H3. The van der Waals surface area contributed by atoms with Crippen LogP contribution in [-0.4, -0.2) is 35.8 Å². The van der Waals surface area contributed by atoms with E-state index in [1.54, 1.807) is 6.07 Å². The number of aromatic nitrogens is 1. The van der Waals surface area contributed by atoms with Gasteiger partial charge in [-0.25, -0.2) is 14.2 Å². The molecular formula is C14H10N4O6. The van der Waals surface area contributed by atoms with Gasteiger partial charge >= 0.3 is 12.1 Å². The molecule has 1 aromatic carbocycles. The third-order valence-electron chi connectivity index (χ3n) is 3.27. The van der Waals surface area contributed by atoms with E-state index in [0.29, 0.717) is 0 Å². The summed E-state index contributed by atoms with van der Waals surface area (Å²) in [5.74, 6) is -0.956. The lowest BCUT2D eigenvalue weighted by molar-refractivity contribution is -0.384. The number of carbonyl (C=O) groups is 2. The van der Waals surface area contributed by atoms with Crippen LogP contribution in [0.4, 0.5) is 10.5 Å². The SMILES string of the molecule is COC(=O)c1c(C#N)c(=N)n(C(=O)OC)c2ccc([N+](=O)[O-])cc12. The van der Waals surface area contributed by atoms with Gasteiger partial charge in [-0.1, -0.05) is 0 Å². The Morgan fingerprint density at radius 1 is 1.33 bits per heavy atom. The number of nitrogens with one attached hydrogen (secondary N) is 1. The molecule has 122 valence electrons. The van der Waals surface area contributed by atoms with Gasteiger partial charge in [0.25, 0.3) is 5.69 Å². The van der Waals surface area contributed by atoms with Gasteiger partial charge in [0, 0.05) is 17.5 Å². The average Bonchev–Trinajstić information content (AvgIpc) is 2.58. The van der Waals surface area contributed by atoms with Crippen molar-refractivity contribution in [1.29, 1.82) is 10.7 Å². The first-order valence-electron chi connectivity index (χ1n) is 6.35. The van der Waals surface area contributed by atoms with E-state index < -0.39 is 28.0 Å². The quantitative estimate of drug-likeness (QED) is 0.495. The van der Waals surface area contributed by atoms with Gasteiger partial charge in [0.2, 0.25) is 0 Å². The van der Waals surface area contributed by atoms with Crippen LogP contribution in [-0.2, 0) is 9.47 Å². The summed E-state index contributed by atoms with van der Waals surface area (Å²) in [5, 5.41) is 28.2. The van der Waals surface area contributed by atoms with Gasteiger partial charge in [-0.2, -0.15) is 5.26 Å². The fourth-order valence-electron chi connectivity index (χ4n) is 2.22. The zero-order valence-corrected chi connectivity index (χ0v) is 12.5. The molecule has 0 fully saturated rings. The molecule has 0 radical (unpaired) electrons. The van der Waals surface area contributed by atoms with Gasteiger partial charge in [0.05, 0.1) is 30.2 Å². The number of nitrogens with zero attached hydrogens (tertiary/aromatic N) is 3. The minimum Gasteiger partial charge on any atom is -0.465 e. The number of ether oxygens (including phenoxy) is 2. The maximum Gasteiger partial charge on any atom is 0.419 e. The van der Waals surface area contributed by atoms with Crippen LogP contribution in [0, 0.1) is 26.9 Å². The van der Waals surface area contributed by atoms with Crippen molar-refractivity contribution in [2.45, 2.75) is 0 Å². The molecule has 0 amide bonds. The smallest absolute Gasteiger partial charge is 0.419 e. The molecule has 0 atom stereocenters. The van der Waals surface area contributed by atoms with Crippen LogP contribution in [0.3, 0.4) is 0 Å². The summed E-state index contributed by atoms with van der Waals surface area (Å²) >= 11 is 0. The number of carbonyl (C=O) groups excluding carboxylic acids is 2. The summed E-state index contributed by atoms with van der Waals surface area (Å²) in [4.78, 5) is 34.3. The molecule has 10 nitrogen and oxygen atoms in total. The molecule has 24 heavy (non-hydrogen) atoms. The largest absolute Gasteiger partial charge is 0.465 e. The molecule has 10 heteroatoms. The highest BCUT2D eigenvalue weighted by atomic mass is 16.6. The lowest BCUT2D eigenvalue weighted by atomic mass is 10.0. The Balaban J connectivity index is 3.13. The van der Waals surface area contributed by atoms with Crippen molar-refractivity contribution in [3.8, 4) is 6.07 Å². The Labute approximate surface area is 134 Å². The molecule has 1 aromatic heterocycles. The lowest BCUT2D eigenvalue weighted by Gasteiger charge is -2.13. The number of esters is 1. The fourth-order valence-corrected chi connectivity index (χ4v) is 2.22. The summed E-state index contributed by atoms with van der Waals surface area (Å²) in [5.41, 5.74) is -1.74. The highest BCUT2D eigenvalue weighted by molar-refractivity contribution is 6.07. The van der Waals surface area contributed by atoms with Crippen LogP contribution < -0.4 is 5.49 Å². The summed E-state index contributed by atoms with van der Waals surface area (Å²) in [6.45, 7) is 0. The van der Waals surface area contributed by atoms with Gasteiger partial charge in [-0.15, -0.1) is 0 Å². The van der Waals surface area contributed by atoms with E-state index in [4.69, 9.17) is 5.41 Å². The van der Waals surface area contributed by atoms with E-state index in [-0.39, 0.29) is 22.2 Å². The second-order valence-electron chi connectivity index (χ2n) is 4.47. The molecule has 1 N–H and O–H groups in total. The van der Waals surface area contributed by atoms with Gasteiger partial charge in [0.1, 0.15) is 11.6 Å². The summed E-state index contributed by atoms with van der Waals surface area (Å²) < 4.78 is 9.91. The molecule has 1 heterocycles. The number of non-ortho nitro benzene ring substituents is 1. The van der Waals surface area contributed by atoms with Crippen molar-refractivity contribution in [1.82, 2.24) is 4.57 Å². The molecule has 2 aromatic rings. The molecule has 2 rings (SSSR count). The van der Waals surface area contributed by atoms with Gasteiger partial charge in [0.15, 0.2) is 5.49 Å². The number of hydrogen-bond donors (Lipinski definition) is 1. The van der Waals surface area contributed by atoms with E-state index in [1.807, 2.05) is 0 Å². The third-order valence-corrected chi connectivity index (χ3v) is 3.27. The number of benzene rings is 1. The van der Waals surface area contributed by atoms with Crippen molar-refractivity contribution in [2.24, 2.45) is 0 Å². The summed E-state index contributed by atoms with van der Waals surface area (Å²) in [7, 11) is 2.14. The maximum atomic E-state index is 12.0. The second-order valence-corrected chi connectivity index (χ2v) is 4.47. The first-order valence-corrected chi connectivity index (χ1v) is 6.35. The van der Waals surface area contributed by atoms with Crippen LogP contribution >= 0.6 is 0 Å².